The number of anilines is 2. The Bertz CT molecular complexity index is 821. The summed E-state index contributed by atoms with van der Waals surface area (Å²) in [5.74, 6) is -0.438. The van der Waals surface area contributed by atoms with Crippen molar-refractivity contribution in [2.75, 3.05) is 10.6 Å². The summed E-state index contributed by atoms with van der Waals surface area (Å²) in [5.41, 5.74) is 3.85. The first-order chi connectivity index (χ1) is 11.8. The second-order valence-corrected chi connectivity index (χ2v) is 6.97. The lowest BCUT2D eigenvalue weighted by Crippen LogP contribution is -2.14. The number of nitrogens with zero attached hydrogens (tertiary/aromatic N) is 1. The Morgan fingerprint density at radius 1 is 1.08 bits per heavy atom. The molecule has 0 aromatic heterocycles. The van der Waals surface area contributed by atoms with Crippen molar-refractivity contribution >= 4 is 17.3 Å². The Kier molecular flexibility index (Phi) is 5.61. The number of benzene rings is 2. The first kappa shape index (κ1) is 18.3. The summed E-state index contributed by atoms with van der Waals surface area (Å²) in [7, 11) is 0. The zero-order valence-corrected chi connectivity index (χ0v) is 15.1. The van der Waals surface area contributed by atoms with Crippen LogP contribution in [-0.4, -0.2) is 5.91 Å². The average molecular weight is 333 g/mol. The molecule has 0 aliphatic rings. The first-order valence-corrected chi connectivity index (χ1v) is 8.15. The van der Waals surface area contributed by atoms with Crippen molar-refractivity contribution < 1.29 is 4.79 Å². The van der Waals surface area contributed by atoms with Crippen LogP contribution in [0.4, 0.5) is 11.4 Å². The quantitative estimate of drug-likeness (QED) is 0.627. The minimum atomic E-state index is -0.438. The number of carbonyl (C=O) groups excluding carboxylic acids is 1. The minimum absolute atomic E-state index is 0.0152. The van der Waals surface area contributed by atoms with Crippen LogP contribution < -0.4 is 10.6 Å². The van der Waals surface area contributed by atoms with Crippen LogP contribution in [0.25, 0.3) is 0 Å². The van der Waals surface area contributed by atoms with Crippen LogP contribution in [0.15, 0.2) is 60.3 Å². The highest BCUT2D eigenvalue weighted by atomic mass is 16.1. The van der Waals surface area contributed by atoms with E-state index in [1.807, 2.05) is 55.5 Å². The molecule has 0 bridgehead atoms. The SMILES string of the molecule is Cc1cccc(NC(=O)/C(C#N)=C\Nc2ccc(C(C)(C)C)cc2)c1. The fourth-order valence-electron chi connectivity index (χ4n) is 2.29. The highest BCUT2D eigenvalue weighted by Gasteiger charge is 2.13. The standard InChI is InChI=1S/C21H23N3O/c1-15-6-5-7-19(12-15)24-20(25)16(13-22)14-23-18-10-8-17(9-11-18)21(2,3)4/h5-12,14,23H,1-4H3,(H,24,25)/b16-14-. The molecule has 25 heavy (non-hydrogen) atoms. The lowest BCUT2D eigenvalue weighted by Gasteiger charge is -2.19. The summed E-state index contributed by atoms with van der Waals surface area (Å²) >= 11 is 0. The van der Waals surface area contributed by atoms with E-state index in [1.54, 1.807) is 6.07 Å². The van der Waals surface area contributed by atoms with Crippen molar-refractivity contribution in [2.24, 2.45) is 0 Å². The van der Waals surface area contributed by atoms with Gasteiger partial charge in [-0.05, 0) is 47.7 Å². The third-order valence-corrected chi connectivity index (χ3v) is 3.78. The van der Waals surface area contributed by atoms with Gasteiger partial charge in [0.25, 0.3) is 5.91 Å². The van der Waals surface area contributed by atoms with Gasteiger partial charge in [-0.2, -0.15) is 5.26 Å². The summed E-state index contributed by atoms with van der Waals surface area (Å²) in [6, 6.07) is 17.3. The third kappa shape index (κ3) is 5.22. The van der Waals surface area contributed by atoms with Crippen molar-refractivity contribution in [2.45, 2.75) is 33.1 Å². The van der Waals surface area contributed by atoms with Crippen molar-refractivity contribution in [3.8, 4) is 6.07 Å². The van der Waals surface area contributed by atoms with E-state index < -0.39 is 5.91 Å². The molecule has 0 unspecified atom stereocenters. The second-order valence-electron chi connectivity index (χ2n) is 6.97. The molecule has 2 aromatic rings. The minimum Gasteiger partial charge on any atom is -0.360 e. The van der Waals surface area contributed by atoms with Crippen LogP contribution in [-0.2, 0) is 10.2 Å². The molecule has 128 valence electrons. The highest BCUT2D eigenvalue weighted by molar-refractivity contribution is 6.06. The Balaban J connectivity index is 2.07. The van der Waals surface area contributed by atoms with E-state index in [-0.39, 0.29) is 11.0 Å². The highest BCUT2D eigenvalue weighted by Crippen LogP contribution is 2.23. The van der Waals surface area contributed by atoms with E-state index in [0.29, 0.717) is 5.69 Å². The van der Waals surface area contributed by atoms with Crippen LogP contribution in [0.5, 0.6) is 0 Å². The lowest BCUT2D eigenvalue weighted by atomic mass is 9.87. The molecule has 0 spiro atoms. The predicted molar refractivity (Wildman–Crippen MR) is 102 cm³/mol. The van der Waals surface area contributed by atoms with Gasteiger partial charge >= 0.3 is 0 Å². The van der Waals surface area contributed by atoms with E-state index in [9.17, 15) is 10.1 Å². The molecule has 0 fully saturated rings. The molecule has 2 rings (SSSR count). The van der Waals surface area contributed by atoms with Crippen LogP contribution in [0.3, 0.4) is 0 Å². The van der Waals surface area contributed by atoms with E-state index in [4.69, 9.17) is 0 Å². The smallest absolute Gasteiger partial charge is 0.267 e. The molecule has 1 amide bonds. The Morgan fingerprint density at radius 3 is 2.32 bits per heavy atom. The number of nitriles is 1. The van der Waals surface area contributed by atoms with Gasteiger partial charge in [0.2, 0.25) is 0 Å². The zero-order chi connectivity index (χ0) is 18.4. The Hall–Kier alpha value is -3.06. The molecule has 4 heteroatoms. The predicted octanol–water partition coefficient (Wildman–Crippen LogP) is 4.75. The van der Waals surface area contributed by atoms with Gasteiger partial charge in [0.15, 0.2) is 0 Å². The van der Waals surface area contributed by atoms with E-state index >= 15 is 0 Å². The van der Waals surface area contributed by atoms with Crippen LogP contribution in [0.1, 0.15) is 31.9 Å². The normalized spacial score (nSPS) is 11.6. The van der Waals surface area contributed by atoms with Crippen LogP contribution in [0, 0.1) is 18.3 Å². The van der Waals surface area contributed by atoms with E-state index in [1.165, 1.54) is 11.8 Å². The maximum Gasteiger partial charge on any atom is 0.267 e. The van der Waals surface area contributed by atoms with Gasteiger partial charge in [0.1, 0.15) is 11.6 Å². The van der Waals surface area contributed by atoms with Crippen molar-refractivity contribution in [3.63, 3.8) is 0 Å². The number of aryl methyl sites for hydroxylation is 1. The summed E-state index contributed by atoms with van der Waals surface area (Å²) < 4.78 is 0. The molecular weight excluding hydrogens is 310 g/mol. The second kappa shape index (κ2) is 7.67. The van der Waals surface area contributed by atoms with Gasteiger partial charge in [-0.15, -0.1) is 0 Å². The maximum absolute atomic E-state index is 12.2. The van der Waals surface area contributed by atoms with Gasteiger partial charge in [0.05, 0.1) is 0 Å². The van der Waals surface area contributed by atoms with Crippen molar-refractivity contribution in [3.05, 3.63) is 71.4 Å². The fourth-order valence-corrected chi connectivity index (χ4v) is 2.29. The van der Waals surface area contributed by atoms with Crippen molar-refractivity contribution in [1.29, 1.82) is 5.26 Å². The molecule has 2 N–H and O–H groups in total. The lowest BCUT2D eigenvalue weighted by molar-refractivity contribution is -0.112. The number of hydrogen-bond donors (Lipinski definition) is 2. The summed E-state index contributed by atoms with van der Waals surface area (Å²) in [5, 5.41) is 15.0. The van der Waals surface area contributed by atoms with Crippen LogP contribution >= 0.6 is 0 Å². The van der Waals surface area contributed by atoms with E-state index in [0.717, 1.165) is 11.3 Å². The number of carbonyl (C=O) groups is 1. The Morgan fingerprint density at radius 2 is 1.76 bits per heavy atom. The van der Waals surface area contributed by atoms with Gasteiger partial charge in [0, 0.05) is 17.6 Å². The molecule has 0 aliphatic carbocycles. The van der Waals surface area contributed by atoms with Gasteiger partial charge < -0.3 is 10.6 Å². The molecule has 0 saturated carbocycles. The third-order valence-electron chi connectivity index (χ3n) is 3.78. The summed E-state index contributed by atoms with van der Waals surface area (Å²) in [6.07, 6.45) is 1.43. The molecule has 0 heterocycles. The monoisotopic (exact) mass is 333 g/mol. The zero-order valence-electron chi connectivity index (χ0n) is 15.1. The molecule has 0 radical (unpaired) electrons. The molecule has 0 aliphatic heterocycles. The molecule has 2 aromatic carbocycles. The maximum atomic E-state index is 12.2. The fraction of sp³-hybridized carbons (Fsp3) is 0.238. The number of rotatable bonds is 4. The van der Waals surface area contributed by atoms with Crippen LogP contribution in [0.2, 0.25) is 0 Å². The van der Waals surface area contributed by atoms with Gasteiger partial charge in [-0.1, -0.05) is 45.0 Å². The molecule has 0 saturated heterocycles. The summed E-state index contributed by atoms with van der Waals surface area (Å²) in [6.45, 7) is 8.40. The molecule has 0 atom stereocenters. The van der Waals surface area contributed by atoms with E-state index in [2.05, 4.69) is 31.4 Å². The first-order valence-electron chi connectivity index (χ1n) is 8.15. The number of nitrogens with one attached hydrogen (secondary N) is 2. The number of hydrogen-bond acceptors (Lipinski definition) is 3. The summed E-state index contributed by atoms with van der Waals surface area (Å²) in [4.78, 5) is 12.2. The van der Waals surface area contributed by atoms with Crippen molar-refractivity contribution in [1.82, 2.24) is 0 Å². The topological polar surface area (TPSA) is 64.9 Å². The molecule has 4 nitrogen and oxygen atoms in total. The van der Waals surface area contributed by atoms with Gasteiger partial charge in [-0.25, -0.2) is 0 Å². The van der Waals surface area contributed by atoms with Gasteiger partial charge in [-0.3, -0.25) is 4.79 Å². The largest absolute Gasteiger partial charge is 0.360 e. The average Bonchev–Trinajstić information content (AvgIpc) is 2.55. The Labute approximate surface area is 149 Å². The molecular formula is C21H23N3O. The number of amides is 1.